The van der Waals surface area contributed by atoms with E-state index in [0.717, 1.165) is 17.7 Å². The second kappa shape index (κ2) is 6.89. The van der Waals surface area contributed by atoms with E-state index in [1.165, 1.54) is 0 Å². The molecule has 1 atom stereocenters. The Kier molecular flexibility index (Phi) is 4.93. The topological polar surface area (TPSA) is 78.4 Å². The molecule has 2 aromatic rings. The fourth-order valence-corrected chi connectivity index (χ4v) is 1.86. The van der Waals surface area contributed by atoms with Gasteiger partial charge in [0.05, 0.1) is 11.0 Å². The predicted octanol–water partition coefficient (Wildman–Crippen LogP) is 4.24. The number of benzene rings is 1. The number of nitro groups is 1. The van der Waals surface area contributed by atoms with Crippen molar-refractivity contribution >= 4 is 17.8 Å². The molecule has 116 valence electrons. The zero-order valence-electron chi connectivity index (χ0n) is 12.8. The largest absolute Gasteiger partial charge is 0.491 e. The summed E-state index contributed by atoms with van der Waals surface area (Å²) < 4.78 is 10.7. The maximum atomic E-state index is 10.9. The second-order valence-corrected chi connectivity index (χ2v) is 4.98. The summed E-state index contributed by atoms with van der Waals surface area (Å²) in [5, 5.41) is 14.6. The molecule has 0 aliphatic carbocycles. The van der Waals surface area contributed by atoms with E-state index in [1.807, 2.05) is 31.2 Å². The fraction of sp³-hybridized carbons (Fsp3) is 0.312. The molecule has 0 radical (unpaired) electrons. The summed E-state index contributed by atoms with van der Waals surface area (Å²) in [5.74, 6) is 0.940. The third-order valence-electron chi connectivity index (χ3n) is 3.26. The van der Waals surface area contributed by atoms with Crippen LogP contribution in [0.3, 0.4) is 0 Å². The number of ether oxygens (including phenoxy) is 1. The fourth-order valence-electron chi connectivity index (χ4n) is 1.86. The van der Waals surface area contributed by atoms with E-state index in [1.54, 1.807) is 19.1 Å². The van der Waals surface area contributed by atoms with Gasteiger partial charge in [0.15, 0.2) is 5.69 Å². The Bertz CT molecular complexity index is 674. The van der Waals surface area contributed by atoms with E-state index in [2.05, 4.69) is 12.1 Å². The summed E-state index contributed by atoms with van der Waals surface area (Å²) >= 11 is 0. The van der Waals surface area contributed by atoms with E-state index >= 15 is 0 Å². The molecule has 2 rings (SSSR count). The van der Waals surface area contributed by atoms with E-state index in [-0.39, 0.29) is 23.2 Å². The van der Waals surface area contributed by atoms with Gasteiger partial charge < -0.3 is 9.26 Å². The maximum absolute atomic E-state index is 10.9. The summed E-state index contributed by atoms with van der Waals surface area (Å²) in [6.45, 7) is 5.62. The molecule has 0 amide bonds. The number of hydrogen-bond acceptors (Lipinski definition) is 5. The lowest BCUT2D eigenvalue weighted by Crippen LogP contribution is -2.09. The van der Waals surface area contributed by atoms with Gasteiger partial charge in [-0.15, -0.1) is 0 Å². The molecule has 0 bridgehead atoms. The molecule has 0 saturated heterocycles. The number of aryl methyl sites for hydroxylation is 1. The number of hydrogen-bond donors (Lipinski definition) is 0. The van der Waals surface area contributed by atoms with Gasteiger partial charge >= 0.3 is 5.69 Å². The van der Waals surface area contributed by atoms with Crippen molar-refractivity contribution in [1.29, 1.82) is 0 Å². The van der Waals surface area contributed by atoms with Gasteiger partial charge in [0.1, 0.15) is 5.75 Å². The monoisotopic (exact) mass is 302 g/mol. The van der Waals surface area contributed by atoms with Crippen LogP contribution in [-0.2, 0) is 0 Å². The molecule has 22 heavy (non-hydrogen) atoms. The van der Waals surface area contributed by atoms with Crippen molar-refractivity contribution < 1.29 is 14.2 Å². The Morgan fingerprint density at radius 3 is 2.64 bits per heavy atom. The van der Waals surface area contributed by atoms with Crippen LogP contribution in [0.5, 0.6) is 5.75 Å². The van der Waals surface area contributed by atoms with Crippen molar-refractivity contribution in [2.24, 2.45) is 0 Å². The zero-order chi connectivity index (χ0) is 16.1. The average molecular weight is 302 g/mol. The Morgan fingerprint density at radius 2 is 2.05 bits per heavy atom. The normalized spacial score (nSPS) is 12.5. The highest BCUT2D eigenvalue weighted by molar-refractivity contribution is 5.71. The molecular weight excluding hydrogens is 284 g/mol. The molecule has 0 N–H and O–H groups in total. The molecule has 1 aromatic heterocycles. The second-order valence-electron chi connectivity index (χ2n) is 4.98. The van der Waals surface area contributed by atoms with E-state index < -0.39 is 4.92 Å². The SMILES string of the molecule is CC[C@H](C)Oc1ccc(/C=C/c2onc(C)c2[N+](=O)[O-])cc1. The van der Waals surface area contributed by atoms with Crippen LogP contribution < -0.4 is 4.74 Å². The summed E-state index contributed by atoms with van der Waals surface area (Å²) in [5.41, 5.74) is 1.05. The molecule has 0 unspecified atom stereocenters. The first-order valence-corrected chi connectivity index (χ1v) is 7.06. The van der Waals surface area contributed by atoms with Crippen LogP contribution in [0.25, 0.3) is 12.2 Å². The van der Waals surface area contributed by atoms with Gasteiger partial charge in [0, 0.05) is 0 Å². The summed E-state index contributed by atoms with van der Waals surface area (Å²) in [7, 11) is 0. The Labute approximate surface area is 128 Å². The first-order chi connectivity index (χ1) is 10.5. The van der Waals surface area contributed by atoms with Crippen molar-refractivity contribution in [1.82, 2.24) is 5.16 Å². The van der Waals surface area contributed by atoms with Crippen molar-refractivity contribution in [3.05, 3.63) is 51.4 Å². The van der Waals surface area contributed by atoms with Crippen molar-refractivity contribution in [2.75, 3.05) is 0 Å². The standard InChI is InChI=1S/C16H18N2O4/c1-4-11(2)21-14-8-5-13(6-9-14)7-10-15-16(18(19)20)12(3)17-22-15/h5-11H,4H2,1-3H3/b10-7+/t11-/m0/s1. The molecule has 0 spiro atoms. The summed E-state index contributed by atoms with van der Waals surface area (Å²) in [6.07, 6.45) is 4.39. The van der Waals surface area contributed by atoms with Gasteiger partial charge in [-0.3, -0.25) is 10.1 Å². The van der Waals surface area contributed by atoms with Crippen LogP contribution in [0, 0.1) is 17.0 Å². The summed E-state index contributed by atoms with van der Waals surface area (Å²) in [4.78, 5) is 10.5. The van der Waals surface area contributed by atoms with Crippen LogP contribution >= 0.6 is 0 Å². The maximum Gasteiger partial charge on any atom is 0.338 e. The molecule has 6 heteroatoms. The lowest BCUT2D eigenvalue weighted by molar-refractivity contribution is -0.386. The van der Waals surface area contributed by atoms with Gasteiger partial charge in [0.25, 0.3) is 0 Å². The molecule has 0 aliphatic heterocycles. The van der Waals surface area contributed by atoms with Gasteiger partial charge in [-0.05, 0) is 44.0 Å². The molecule has 6 nitrogen and oxygen atoms in total. The number of aromatic nitrogens is 1. The molecule has 0 saturated carbocycles. The molecule has 1 heterocycles. The third-order valence-corrected chi connectivity index (χ3v) is 3.26. The van der Waals surface area contributed by atoms with Crippen molar-refractivity contribution in [3.8, 4) is 5.75 Å². The summed E-state index contributed by atoms with van der Waals surface area (Å²) in [6, 6.07) is 7.49. The lowest BCUT2D eigenvalue weighted by atomic mass is 10.2. The van der Waals surface area contributed by atoms with Crippen LogP contribution in [-0.4, -0.2) is 16.2 Å². The third kappa shape index (κ3) is 3.72. The van der Waals surface area contributed by atoms with Gasteiger partial charge in [-0.25, -0.2) is 0 Å². The van der Waals surface area contributed by atoms with E-state index in [0.29, 0.717) is 0 Å². The van der Waals surface area contributed by atoms with Crippen molar-refractivity contribution in [2.45, 2.75) is 33.3 Å². The minimum atomic E-state index is -0.491. The van der Waals surface area contributed by atoms with Gasteiger partial charge in [-0.2, -0.15) is 0 Å². The quantitative estimate of drug-likeness (QED) is 0.589. The molecule has 0 aliphatic rings. The smallest absolute Gasteiger partial charge is 0.338 e. The molecule has 0 fully saturated rings. The van der Waals surface area contributed by atoms with Crippen LogP contribution in [0.1, 0.15) is 37.3 Å². The van der Waals surface area contributed by atoms with E-state index in [4.69, 9.17) is 9.26 Å². The first-order valence-electron chi connectivity index (χ1n) is 7.06. The van der Waals surface area contributed by atoms with Crippen molar-refractivity contribution in [3.63, 3.8) is 0 Å². The van der Waals surface area contributed by atoms with Crippen LogP contribution in [0.2, 0.25) is 0 Å². The zero-order valence-corrected chi connectivity index (χ0v) is 12.8. The minimum Gasteiger partial charge on any atom is -0.491 e. The van der Waals surface area contributed by atoms with Crippen LogP contribution in [0.15, 0.2) is 28.8 Å². The predicted molar refractivity (Wildman–Crippen MR) is 83.6 cm³/mol. The van der Waals surface area contributed by atoms with E-state index in [9.17, 15) is 10.1 Å². The lowest BCUT2D eigenvalue weighted by Gasteiger charge is -2.12. The first kappa shape index (κ1) is 15.8. The number of rotatable bonds is 6. The van der Waals surface area contributed by atoms with Crippen LogP contribution in [0.4, 0.5) is 5.69 Å². The highest BCUT2D eigenvalue weighted by atomic mass is 16.6. The highest BCUT2D eigenvalue weighted by Crippen LogP contribution is 2.25. The Morgan fingerprint density at radius 1 is 1.36 bits per heavy atom. The average Bonchev–Trinajstić information content (AvgIpc) is 2.87. The Hall–Kier alpha value is -2.63. The number of nitrogens with zero attached hydrogens (tertiary/aromatic N) is 2. The van der Waals surface area contributed by atoms with Gasteiger partial charge in [-0.1, -0.05) is 30.3 Å². The molecule has 1 aromatic carbocycles. The Balaban J connectivity index is 2.12. The highest BCUT2D eigenvalue weighted by Gasteiger charge is 2.21. The molecular formula is C16H18N2O4. The minimum absolute atomic E-state index is 0.104. The van der Waals surface area contributed by atoms with Gasteiger partial charge in [0.2, 0.25) is 5.76 Å².